The third-order valence-corrected chi connectivity index (χ3v) is 4.61. The molecule has 1 fully saturated rings. The van der Waals surface area contributed by atoms with Crippen molar-refractivity contribution in [2.45, 2.75) is 45.6 Å². The normalized spacial score (nSPS) is 16.3. The van der Waals surface area contributed by atoms with E-state index in [0.717, 1.165) is 55.4 Å². The van der Waals surface area contributed by atoms with Crippen LogP contribution in [-0.4, -0.2) is 41.0 Å². The van der Waals surface area contributed by atoms with Gasteiger partial charge < -0.3 is 9.64 Å². The van der Waals surface area contributed by atoms with Gasteiger partial charge in [-0.25, -0.2) is 4.79 Å². The Morgan fingerprint density at radius 1 is 1.12 bits per heavy atom. The van der Waals surface area contributed by atoms with E-state index in [2.05, 4.69) is 4.98 Å². The molecule has 1 aromatic heterocycles. The van der Waals surface area contributed by atoms with Crippen molar-refractivity contribution in [1.29, 1.82) is 0 Å². The van der Waals surface area contributed by atoms with Gasteiger partial charge in [0.05, 0.1) is 11.1 Å². The van der Waals surface area contributed by atoms with Crippen LogP contribution in [0.3, 0.4) is 0 Å². The standard InChI is InChI=1S/C20H24N2O3/c1-14-13-17(16-9-5-6-10-18(16)21-14)20(24)25-15(2)19(23)22-11-7-3-4-8-12-22/h5-6,9-10,13,15H,3-4,7-8,11-12H2,1-2H3/t15-/m1/s1. The summed E-state index contributed by atoms with van der Waals surface area (Å²) in [6.45, 7) is 4.99. The Morgan fingerprint density at radius 2 is 1.80 bits per heavy atom. The molecule has 0 saturated carbocycles. The average molecular weight is 340 g/mol. The molecule has 1 aliphatic heterocycles. The number of aromatic nitrogens is 1. The van der Waals surface area contributed by atoms with Crippen molar-refractivity contribution in [2.75, 3.05) is 13.1 Å². The van der Waals surface area contributed by atoms with Crippen molar-refractivity contribution in [1.82, 2.24) is 9.88 Å². The van der Waals surface area contributed by atoms with Crippen LogP contribution < -0.4 is 0 Å². The molecular weight excluding hydrogens is 316 g/mol. The largest absolute Gasteiger partial charge is 0.449 e. The van der Waals surface area contributed by atoms with Gasteiger partial charge in [-0.2, -0.15) is 0 Å². The molecule has 25 heavy (non-hydrogen) atoms. The van der Waals surface area contributed by atoms with Crippen LogP contribution in [0.4, 0.5) is 0 Å². The number of ether oxygens (including phenoxy) is 1. The van der Waals surface area contributed by atoms with Crippen LogP contribution in [0, 0.1) is 6.92 Å². The van der Waals surface area contributed by atoms with E-state index in [9.17, 15) is 9.59 Å². The maximum Gasteiger partial charge on any atom is 0.339 e. The van der Waals surface area contributed by atoms with Crippen LogP contribution in [0.5, 0.6) is 0 Å². The quantitative estimate of drug-likeness (QED) is 0.803. The van der Waals surface area contributed by atoms with Gasteiger partial charge in [-0.15, -0.1) is 0 Å². The van der Waals surface area contributed by atoms with Crippen LogP contribution in [0.2, 0.25) is 0 Å². The third-order valence-electron chi connectivity index (χ3n) is 4.61. The summed E-state index contributed by atoms with van der Waals surface area (Å²) in [6.07, 6.45) is 3.56. The molecule has 0 unspecified atom stereocenters. The fourth-order valence-electron chi connectivity index (χ4n) is 3.30. The molecule has 1 saturated heterocycles. The Kier molecular flexibility index (Phi) is 5.31. The highest BCUT2D eigenvalue weighted by Gasteiger charge is 2.25. The molecule has 2 heterocycles. The number of rotatable bonds is 3. The molecule has 1 aromatic carbocycles. The van der Waals surface area contributed by atoms with Crippen molar-refractivity contribution in [2.24, 2.45) is 0 Å². The summed E-state index contributed by atoms with van der Waals surface area (Å²) in [5.41, 5.74) is 1.96. The highest BCUT2D eigenvalue weighted by atomic mass is 16.5. The molecule has 0 spiro atoms. The Morgan fingerprint density at radius 3 is 2.52 bits per heavy atom. The third kappa shape index (κ3) is 3.98. The number of carbonyl (C=O) groups is 2. The lowest BCUT2D eigenvalue weighted by atomic mass is 10.1. The number of fused-ring (bicyclic) bond motifs is 1. The number of nitrogens with zero attached hydrogens (tertiary/aromatic N) is 2. The van der Waals surface area contributed by atoms with Gasteiger partial charge in [0.25, 0.3) is 5.91 Å². The molecule has 3 rings (SSSR count). The van der Waals surface area contributed by atoms with Crippen LogP contribution in [-0.2, 0) is 9.53 Å². The molecular formula is C20H24N2O3. The minimum atomic E-state index is -0.780. The SMILES string of the molecule is Cc1cc(C(=O)O[C@H](C)C(=O)N2CCCCCC2)c2ccccc2n1. The number of pyridine rings is 1. The van der Waals surface area contributed by atoms with Gasteiger partial charge in [-0.3, -0.25) is 9.78 Å². The lowest BCUT2D eigenvalue weighted by Gasteiger charge is -2.24. The van der Waals surface area contributed by atoms with Gasteiger partial charge in [0, 0.05) is 24.2 Å². The van der Waals surface area contributed by atoms with E-state index in [0.29, 0.717) is 5.56 Å². The number of carbonyl (C=O) groups excluding carboxylic acids is 2. The second-order valence-electron chi connectivity index (χ2n) is 6.62. The van der Waals surface area contributed by atoms with Crippen molar-refractivity contribution in [3.05, 3.63) is 41.6 Å². The molecule has 5 heteroatoms. The number of esters is 1. The second kappa shape index (κ2) is 7.64. The summed E-state index contributed by atoms with van der Waals surface area (Å²) in [5, 5.41) is 0.743. The molecule has 0 bridgehead atoms. The fourth-order valence-corrected chi connectivity index (χ4v) is 3.30. The van der Waals surface area contributed by atoms with Gasteiger partial charge in [-0.1, -0.05) is 31.0 Å². The predicted molar refractivity (Wildman–Crippen MR) is 96.4 cm³/mol. The van der Waals surface area contributed by atoms with Crippen LogP contribution in [0.25, 0.3) is 10.9 Å². The van der Waals surface area contributed by atoms with Crippen molar-refractivity contribution < 1.29 is 14.3 Å². The Bertz CT molecular complexity index is 780. The predicted octanol–water partition coefficient (Wildman–Crippen LogP) is 3.49. The van der Waals surface area contributed by atoms with E-state index in [-0.39, 0.29) is 5.91 Å². The molecule has 5 nitrogen and oxygen atoms in total. The maximum atomic E-state index is 12.7. The van der Waals surface area contributed by atoms with Gasteiger partial charge in [0.2, 0.25) is 0 Å². The molecule has 1 atom stereocenters. The van der Waals surface area contributed by atoms with Crippen LogP contribution >= 0.6 is 0 Å². The first-order valence-corrected chi connectivity index (χ1v) is 8.92. The van der Waals surface area contributed by atoms with Crippen molar-refractivity contribution in [3.63, 3.8) is 0 Å². The smallest absolute Gasteiger partial charge is 0.339 e. The van der Waals surface area contributed by atoms with E-state index >= 15 is 0 Å². The lowest BCUT2D eigenvalue weighted by Crippen LogP contribution is -2.40. The van der Waals surface area contributed by atoms with E-state index < -0.39 is 12.1 Å². The zero-order valence-electron chi connectivity index (χ0n) is 14.8. The summed E-state index contributed by atoms with van der Waals surface area (Å²) >= 11 is 0. The average Bonchev–Trinajstić information content (AvgIpc) is 2.89. The molecule has 132 valence electrons. The fraction of sp³-hybridized carbons (Fsp3) is 0.450. The zero-order chi connectivity index (χ0) is 17.8. The van der Waals surface area contributed by atoms with E-state index in [1.165, 1.54) is 0 Å². The first-order valence-electron chi connectivity index (χ1n) is 8.92. The number of amides is 1. The Balaban J connectivity index is 1.76. The van der Waals surface area contributed by atoms with E-state index in [4.69, 9.17) is 4.74 Å². The minimum Gasteiger partial charge on any atom is -0.449 e. The highest BCUT2D eigenvalue weighted by molar-refractivity contribution is 6.04. The van der Waals surface area contributed by atoms with Crippen molar-refractivity contribution in [3.8, 4) is 0 Å². The summed E-state index contributed by atoms with van der Waals surface area (Å²) in [4.78, 5) is 31.5. The lowest BCUT2D eigenvalue weighted by molar-refractivity contribution is -0.139. The molecule has 1 aliphatic rings. The minimum absolute atomic E-state index is 0.106. The topological polar surface area (TPSA) is 59.5 Å². The number of benzene rings is 1. The Labute approximate surface area is 148 Å². The number of para-hydroxylation sites is 1. The maximum absolute atomic E-state index is 12.7. The number of aryl methyl sites for hydroxylation is 1. The number of likely N-dealkylation sites (tertiary alicyclic amines) is 1. The first kappa shape index (κ1) is 17.4. The number of hydrogen-bond donors (Lipinski definition) is 0. The number of hydrogen-bond acceptors (Lipinski definition) is 4. The monoisotopic (exact) mass is 340 g/mol. The summed E-state index contributed by atoms with van der Waals surface area (Å²) in [7, 11) is 0. The van der Waals surface area contributed by atoms with Crippen LogP contribution in [0.1, 0.15) is 48.7 Å². The van der Waals surface area contributed by atoms with Gasteiger partial charge in [0.15, 0.2) is 6.10 Å². The van der Waals surface area contributed by atoms with E-state index in [1.54, 1.807) is 13.0 Å². The summed E-state index contributed by atoms with van der Waals surface area (Å²) in [6, 6.07) is 9.18. The second-order valence-corrected chi connectivity index (χ2v) is 6.62. The van der Waals surface area contributed by atoms with E-state index in [1.807, 2.05) is 36.1 Å². The molecule has 2 aromatic rings. The summed E-state index contributed by atoms with van der Waals surface area (Å²) in [5.74, 6) is -0.581. The van der Waals surface area contributed by atoms with Gasteiger partial charge in [-0.05, 0) is 38.8 Å². The van der Waals surface area contributed by atoms with Gasteiger partial charge in [0.1, 0.15) is 0 Å². The Hall–Kier alpha value is -2.43. The highest BCUT2D eigenvalue weighted by Crippen LogP contribution is 2.20. The molecule has 1 amide bonds. The molecule has 0 radical (unpaired) electrons. The van der Waals surface area contributed by atoms with Crippen LogP contribution in [0.15, 0.2) is 30.3 Å². The van der Waals surface area contributed by atoms with Gasteiger partial charge >= 0.3 is 5.97 Å². The van der Waals surface area contributed by atoms with Crippen molar-refractivity contribution >= 4 is 22.8 Å². The zero-order valence-corrected chi connectivity index (χ0v) is 14.8. The summed E-state index contributed by atoms with van der Waals surface area (Å²) < 4.78 is 5.50. The molecule has 0 aliphatic carbocycles. The molecule has 0 N–H and O–H groups in total. The first-order chi connectivity index (χ1) is 12.1.